The summed E-state index contributed by atoms with van der Waals surface area (Å²) in [6, 6.07) is 9.93. The van der Waals surface area contributed by atoms with E-state index in [-0.39, 0.29) is 17.8 Å². The van der Waals surface area contributed by atoms with Crippen molar-refractivity contribution in [1.82, 2.24) is 24.8 Å². The van der Waals surface area contributed by atoms with Gasteiger partial charge in [0.15, 0.2) is 23.2 Å². The Labute approximate surface area is 201 Å². The second-order valence-corrected chi connectivity index (χ2v) is 8.61. The summed E-state index contributed by atoms with van der Waals surface area (Å²) in [5.74, 6) is 0.585. The molecule has 0 unspecified atom stereocenters. The molecule has 0 amide bonds. The number of nitrogens with zero attached hydrogens (tertiary/aromatic N) is 4. The van der Waals surface area contributed by atoms with Crippen LogP contribution in [0.3, 0.4) is 0 Å². The van der Waals surface area contributed by atoms with E-state index in [4.69, 9.17) is 26.4 Å². The highest BCUT2D eigenvalue weighted by Gasteiger charge is 2.45. The lowest BCUT2D eigenvalue weighted by atomic mass is 10.1. The van der Waals surface area contributed by atoms with Crippen LogP contribution >= 0.6 is 12.2 Å². The molecular formula is C22H26N6O5S. The summed E-state index contributed by atoms with van der Waals surface area (Å²) in [4.78, 5) is 13.0. The number of anilines is 1. The average Bonchev–Trinajstić information content (AvgIpc) is 3.59. The van der Waals surface area contributed by atoms with E-state index in [1.165, 1.54) is 12.7 Å². The second kappa shape index (κ2) is 10.2. The molecule has 12 heteroatoms. The lowest BCUT2D eigenvalue weighted by molar-refractivity contribution is -0.0491. The van der Waals surface area contributed by atoms with Gasteiger partial charge in [-0.1, -0.05) is 30.3 Å². The normalized spacial score (nSPS) is 26.6. The molecule has 1 aromatic carbocycles. The van der Waals surface area contributed by atoms with Crippen LogP contribution in [0.5, 0.6) is 0 Å². The smallest absolute Gasteiger partial charge is 0.256 e. The minimum atomic E-state index is -1.20. The van der Waals surface area contributed by atoms with Crippen LogP contribution in [0, 0.1) is 0 Å². The highest BCUT2D eigenvalue weighted by molar-refractivity contribution is 7.80. The second-order valence-electron chi connectivity index (χ2n) is 8.24. The van der Waals surface area contributed by atoms with Crippen molar-refractivity contribution >= 4 is 34.4 Å². The number of thiocarbonyl (C=S) groups is 1. The Hall–Kier alpha value is -2.90. The molecule has 5 rings (SSSR count). The van der Waals surface area contributed by atoms with E-state index >= 15 is 0 Å². The van der Waals surface area contributed by atoms with Crippen LogP contribution in [0.4, 0.5) is 5.82 Å². The number of ether oxygens (including phenoxy) is 3. The maximum atomic E-state index is 10.7. The standard InChI is InChI=1S/C22H26N6O5S/c29-17-15(10-32-22(34)23-8-13-4-2-1-3-5-13)33-21(18(17)30)28-12-26-16-19(24-11-25-20(16)28)27-14-6-7-31-9-14/h1-5,11-12,14-15,17-18,21,29-30H,6-10H2,(H,23,34)(H,24,25,27)/t14-,15-,17-,18-,21-/m1/s1. The maximum absolute atomic E-state index is 10.7. The summed E-state index contributed by atoms with van der Waals surface area (Å²) < 4.78 is 18.5. The van der Waals surface area contributed by atoms with Crippen LogP contribution in [0.25, 0.3) is 11.2 Å². The molecule has 0 aliphatic carbocycles. The van der Waals surface area contributed by atoms with Gasteiger partial charge in [0.05, 0.1) is 19.0 Å². The van der Waals surface area contributed by atoms with Crippen molar-refractivity contribution in [3.8, 4) is 0 Å². The van der Waals surface area contributed by atoms with E-state index in [2.05, 4.69) is 25.6 Å². The Kier molecular flexibility index (Phi) is 6.83. The van der Waals surface area contributed by atoms with Crippen LogP contribution in [0.1, 0.15) is 18.2 Å². The van der Waals surface area contributed by atoms with Gasteiger partial charge in [-0.05, 0) is 24.2 Å². The number of hydrogen-bond acceptors (Lipinski definition) is 10. The zero-order valence-corrected chi connectivity index (χ0v) is 19.1. The molecule has 2 saturated heterocycles. The fourth-order valence-corrected chi connectivity index (χ4v) is 4.20. The number of aliphatic hydroxyl groups excluding tert-OH is 2. The largest absolute Gasteiger partial charge is 0.468 e. The monoisotopic (exact) mass is 486 g/mol. The quantitative estimate of drug-likeness (QED) is 0.352. The summed E-state index contributed by atoms with van der Waals surface area (Å²) in [5, 5.41) is 27.7. The van der Waals surface area contributed by atoms with E-state index < -0.39 is 24.5 Å². The first-order valence-electron chi connectivity index (χ1n) is 11.1. The SMILES string of the molecule is O[C@@H]1[C@H](O)[C@@H](COC(=S)NCc2ccccc2)O[C@H]1n1cnc2c(N[C@@H]3CCOC3)ncnc21. The Morgan fingerprint density at radius 1 is 1.18 bits per heavy atom. The fourth-order valence-electron chi connectivity index (χ4n) is 4.06. The Balaban J connectivity index is 1.22. The van der Waals surface area contributed by atoms with E-state index in [1.807, 2.05) is 30.3 Å². The van der Waals surface area contributed by atoms with Crippen molar-refractivity contribution in [2.45, 2.75) is 43.5 Å². The number of hydrogen-bond donors (Lipinski definition) is 4. The number of imidazole rings is 1. The van der Waals surface area contributed by atoms with Gasteiger partial charge in [0.1, 0.15) is 31.2 Å². The highest BCUT2D eigenvalue weighted by Crippen LogP contribution is 2.32. The van der Waals surface area contributed by atoms with Gasteiger partial charge < -0.3 is 35.1 Å². The number of benzene rings is 1. The number of rotatable bonds is 7. The topological polar surface area (TPSA) is 136 Å². The minimum absolute atomic E-state index is 0.0224. The molecule has 4 N–H and O–H groups in total. The van der Waals surface area contributed by atoms with Crippen molar-refractivity contribution in [2.75, 3.05) is 25.1 Å². The first kappa shape index (κ1) is 22.9. The summed E-state index contributed by atoms with van der Waals surface area (Å²) >= 11 is 5.22. The molecule has 2 aromatic heterocycles. The van der Waals surface area contributed by atoms with Crippen LogP contribution in [0.15, 0.2) is 43.0 Å². The third-order valence-electron chi connectivity index (χ3n) is 5.90. The van der Waals surface area contributed by atoms with Gasteiger partial charge in [0, 0.05) is 13.2 Å². The van der Waals surface area contributed by atoms with Gasteiger partial charge in [-0.15, -0.1) is 0 Å². The average molecular weight is 487 g/mol. The van der Waals surface area contributed by atoms with E-state index in [1.54, 1.807) is 4.57 Å². The third-order valence-corrected chi connectivity index (χ3v) is 6.16. The molecule has 4 heterocycles. The van der Waals surface area contributed by atoms with Gasteiger partial charge >= 0.3 is 0 Å². The molecule has 5 atom stereocenters. The summed E-state index contributed by atoms with van der Waals surface area (Å²) in [6.07, 6.45) is -0.228. The third kappa shape index (κ3) is 4.81. The summed E-state index contributed by atoms with van der Waals surface area (Å²) in [7, 11) is 0. The molecule has 0 saturated carbocycles. The molecule has 11 nitrogen and oxygen atoms in total. The van der Waals surface area contributed by atoms with Crippen molar-refractivity contribution in [3.63, 3.8) is 0 Å². The Bertz CT molecular complexity index is 1130. The summed E-state index contributed by atoms with van der Waals surface area (Å²) in [6.45, 7) is 1.80. The van der Waals surface area contributed by atoms with Crippen LogP contribution in [-0.2, 0) is 20.8 Å². The van der Waals surface area contributed by atoms with Crippen LogP contribution in [0.2, 0.25) is 0 Å². The molecule has 34 heavy (non-hydrogen) atoms. The van der Waals surface area contributed by atoms with E-state index in [0.717, 1.165) is 12.0 Å². The van der Waals surface area contributed by atoms with Gasteiger partial charge in [0.2, 0.25) is 0 Å². The Morgan fingerprint density at radius 2 is 2.03 bits per heavy atom. The van der Waals surface area contributed by atoms with Crippen molar-refractivity contribution in [2.24, 2.45) is 0 Å². The lowest BCUT2D eigenvalue weighted by Crippen LogP contribution is -2.35. The summed E-state index contributed by atoms with van der Waals surface area (Å²) in [5.41, 5.74) is 2.09. The van der Waals surface area contributed by atoms with Gasteiger partial charge in [0.25, 0.3) is 5.17 Å². The lowest BCUT2D eigenvalue weighted by Gasteiger charge is -2.17. The van der Waals surface area contributed by atoms with Gasteiger partial charge in [-0.3, -0.25) is 4.57 Å². The predicted molar refractivity (Wildman–Crippen MR) is 126 cm³/mol. The molecule has 3 aromatic rings. The van der Waals surface area contributed by atoms with E-state index in [0.29, 0.717) is 36.7 Å². The zero-order valence-electron chi connectivity index (χ0n) is 18.3. The van der Waals surface area contributed by atoms with Crippen molar-refractivity contribution in [1.29, 1.82) is 0 Å². The molecule has 180 valence electrons. The molecular weight excluding hydrogens is 460 g/mol. The molecule has 0 bridgehead atoms. The first-order chi connectivity index (χ1) is 16.6. The molecule has 2 aliphatic heterocycles. The molecule has 2 fully saturated rings. The maximum Gasteiger partial charge on any atom is 0.256 e. The predicted octanol–water partition coefficient (Wildman–Crippen LogP) is 0.738. The van der Waals surface area contributed by atoms with Crippen molar-refractivity contribution < 1.29 is 24.4 Å². The zero-order chi connectivity index (χ0) is 23.5. The first-order valence-corrected chi connectivity index (χ1v) is 11.5. The Morgan fingerprint density at radius 3 is 2.82 bits per heavy atom. The van der Waals surface area contributed by atoms with Crippen LogP contribution < -0.4 is 10.6 Å². The van der Waals surface area contributed by atoms with Crippen molar-refractivity contribution in [3.05, 3.63) is 48.5 Å². The number of nitrogens with one attached hydrogen (secondary N) is 2. The number of aliphatic hydroxyl groups is 2. The number of fused-ring (bicyclic) bond motifs is 1. The molecule has 0 spiro atoms. The molecule has 0 radical (unpaired) electrons. The van der Waals surface area contributed by atoms with Gasteiger partial charge in [-0.2, -0.15) is 0 Å². The van der Waals surface area contributed by atoms with Gasteiger partial charge in [-0.25, -0.2) is 15.0 Å². The van der Waals surface area contributed by atoms with Crippen LogP contribution in [-0.4, -0.2) is 79.1 Å². The minimum Gasteiger partial charge on any atom is -0.468 e. The highest BCUT2D eigenvalue weighted by atomic mass is 32.1. The number of aromatic nitrogens is 4. The van der Waals surface area contributed by atoms with E-state index in [9.17, 15) is 10.2 Å². The molecule has 2 aliphatic rings. The fraction of sp³-hybridized carbons (Fsp3) is 0.455.